The van der Waals surface area contributed by atoms with Gasteiger partial charge in [0.05, 0.1) is 0 Å². The van der Waals surface area contributed by atoms with Gasteiger partial charge in [0.15, 0.2) is 0 Å². The van der Waals surface area contributed by atoms with Gasteiger partial charge in [-0.1, -0.05) is 0 Å². The van der Waals surface area contributed by atoms with Crippen molar-refractivity contribution in [2.45, 2.75) is 12.8 Å². The number of likely N-dealkylation sites (N-methyl/N-ethyl adjacent to an activating group) is 1. The number of likely N-dealkylation sites (tertiary alicyclic amines) is 1. The lowest BCUT2D eigenvalue weighted by Crippen LogP contribution is -2.24. The van der Waals surface area contributed by atoms with E-state index >= 15 is 0 Å². The second kappa shape index (κ2) is 4.69. The maximum Gasteiger partial charge on any atom is 0.253 e. The van der Waals surface area contributed by atoms with Gasteiger partial charge >= 0.3 is 0 Å². The number of imide groups is 2. The largest absolute Gasteiger partial charge is 0.286 e. The summed E-state index contributed by atoms with van der Waals surface area (Å²) < 4.78 is 0. The van der Waals surface area contributed by atoms with Gasteiger partial charge in [0.2, 0.25) is 11.8 Å². The van der Waals surface area contributed by atoms with Crippen molar-refractivity contribution < 1.29 is 19.2 Å². The van der Waals surface area contributed by atoms with Crippen LogP contribution < -0.4 is 0 Å². The van der Waals surface area contributed by atoms with Crippen molar-refractivity contribution in [3.05, 3.63) is 12.2 Å². The van der Waals surface area contributed by atoms with Crippen LogP contribution in [0.3, 0.4) is 0 Å². The molecular weight excluding hydrogens is 212 g/mol. The van der Waals surface area contributed by atoms with Crippen molar-refractivity contribution in [1.82, 2.24) is 9.80 Å². The van der Waals surface area contributed by atoms with Gasteiger partial charge in [-0.05, 0) is 0 Å². The van der Waals surface area contributed by atoms with Crippen LogP contribution >= 0.6 is 0 Å². The number of nitrogens with zero attached hydrogens (tertiary/aromatic N) is 2. The summed E-state index contributed by atoms with van der Waals surface area (Å²) in [6.07, 6.45) is 3.30. The Bertz CT molecular complexity index is 352. The van der Waals surface area contributed by atoms with Gasteiger partial charge in [-0.25, -0.2) is 0 Å². The van der Waals surface area contributed by atoms with E-state index in [0.29, 0.717) is 12.8 Å². The molecule has 0 bridgehead atoms. The summed E-state index contributed by atoms with van der Waals surface area (Å²) >= 11 is 0. The maximum absolute atomic E-state index is 10.5. The predicted molar refractivity (Wildman–Crippen MR) is 53.9 cm³/mol. The van der Waals surface area contributed by atoms with Crippen molar-refractivity contribution in [3.63, 3.8) is 0 Å². The lowest BCUT2D eigenvalue weighted by Gasteiger charge is -2.01. The summed E-state index contributed by atoms with van der Waals surface area (Å²) in [5, 5.41) is 0. The van der Waals surface area contributed by atoms with Crippen LogP contribution in [0.25, 0.3) is 0 Å². The second-order valence-corrected chi connectivity index (χ2v) is 3.42. The molecule has 0 radical (unpaired) electrons. The molecule has 1 fully saturated rings. The zero-order valence-electron chi connectivity index (χ0n) is 9.10. The van der Waals surface area contributed by atoms with Crippen LogP contribution in [0.1, 0.15) is 12.8 Å². The zero-order chi connectivity index (χ0) is 12.3. The minimum absolute atomic E-state index is 0.0602. The molecule has 0 aromatic heterocycles. The standard InChI is InChI=1S/C5H7NO2.C5H5NO2/c2*1-6-4(7)2-3-5(6)8/h2-3H2,1H3;2-3H,1H3. The third-order valence-corrected chi connectivity index (χ3v) is 2.33. The Labute approximate surface area is 92.5 Å². The van der Waals surface area contributed by atoms with Gasteiger partial charge in [-0.2, -0.15) is 0 Å². The van der Waals surface area contributed by atoms with Crippen molar-refractivity contribution in [3.8, 4) is 0 Å². The molecule has 2 rings (SSSR count). The first-order chi connectivity index (χ1) is 7.43. The molecule has 0 atom stereocenters. The summed E-state index contributed by atoms with van der Waals surface area (Å²) in [6.45, 7) is 0. The van der Waals surface area contributed by atoms with E-state index in [1.165, 1.54) is 31.1 Å². The molecule has 2 aliphatic heterocycles. The Morgan fingerprint density at radius 3 is 1.31 bits per heavy atom. The molecular formula is C10H12N2O4. The number of carbonyl (C=O) groups is 4. The zero-order valence-corrected chi connectivity index (χ0v) is 9.10. The number of rotatable bonds is 0. The molecule has 6 nitrogen and oxygen atoms in total. The van der Waals surface area contributed by atoms with E-state index in [2.05, 4.69) is 0 Å². The minimum Gasteiger partial charge on any atom is -0.286 e. The molecule has 0 N–H and O–H groups in total. The van der Waals surface area contributed by atoms with Crippen LogP contribution in [0.4, 0.5) is 0 Å². The smallest absolute Gasteiger partial charge is 0.253 e. The maximum atomic E-state index is 10.5. The third kappa shape index (κ3) is 2.53. The van der Waals surface area contributed by atoms with Crippen LogP contribution in [0.15, 0.2) is 12.2 Å². The van der Waals surface area contributed by atoms with Gasteiger partial charge < -0.3 is 0 Å². The number of carbonyl (C=O) groups excluding carboxylic acids is 4. The average Bonchev–Trinajstić information content (AvgIpc) is 2.70. The Balaban J connectivity index is 0.000000160. The molecule has 6 heteroatoms. The Kier molecular flexibility index (Phi) is 3.55. The normalized spacial score (nSPS) is 19.4. The number of amides is 4. The van der Waals surface area contributed by atoms with Crippen LogP contribution in [-0.2, 0) is 19.2 Å². The fourth-order valence-electron chi connectivity index (χ4n) is 1.16. The summed E-state index contributed by atoms with van der Waals surface area (Å²) in [4.78, 5) is 44.0. The fourth-order valence-corrected chi connectivity index (χ4v) is 1.16. The summed E-state index contributed by atoms with van der Waals surface area (Å²) in [6, 6.07) is 0. The van der Waals surface area contributed by atoms with Gasteiger partial charge in [0.25, 0.3) is 11.8 Å². The molecule has 1 saturated heterocycles. The van der Waals surface area contributed by atoms with Crippen LogP contribution in [0, 0.1) is 0 Å². The molecule has 0 aromatic rings. The lowest BCUT2D eigenvalue weighted by molar-refractivity contribution is -0.137. The highest BCUT2D eigenvalue weighted by Crippen LogP contribution is 2.07. The molecule has 0 aliphatic carbocycles. The van der Waals surface area contributed by atoms with E-state index in [0.717, 1.165) is 4.90 Å². The predicted octanol–water partition coefficient (Wildman–Crippen LogP) is -0.694. The van der Waals surface area contributed by atoms with E-state index < -0.39 is 0 Å². The van der Waals surface area contributed by atoms with Gasteiger partial charge in [0.1, 0.15) is 0 Å². The monoisotopic (exact) mass is 224 g/mol. The van der Waals surface area contributed by atoms with E-state index in [1.807, 2.05) is 0 Å². The first-order valence-electron chi connectivity index (χ1n) is 4.72. The average molecular weight is 224 g/mol. The van der Waals surface area contributed by atoms with Gasteiger partial charge in [-0.3, -0.25) is 29.0 Å². The van der Waals surface area contributed by atoms with E-state index in [9.17, 15) is 19.2 Å². The molecule has 0 unspecified atom stereocenters. The van der Waals surface area contributed by atoms with Crippen LogP contribution in [-0.4, -0.2) is 47.5 Å². The molecule has 2 aliphatic rings. The number of hydrogen-bond donors (Lipinski definition) is 0. The first kappa shape index (κ1) is 12.1. The Morgan fingerprint density at radius 2 is 1.19 bits per heavy atom. The van der Waals surface area contributed by atoms with Crippen molar-refractivity contribution in [1.29, 1.82) is 0 Å². The van der Waals surface area contributed by atoms with E-state index in [4.69, 9.17) is 0 Å². The van der Waals surface area contributed by atoms with Crippen molar-refractivity contribution in [2.75, 3.05) is 14.1 Å². The SMILES string of the molecule is CN1C(=O)C=CC1=O.CN1C(=O)CCC1=O. The van der Waals surface area contributed by atoms with Crippen LogP contribution in [0.5, 0.6) is 0 Å². The van der Waals surface area contributed by atoms with Crippen molar-refractivity contribution in [2.24, 2.45) is 0 Å². The first-order valence-corrected chi connectivity index (χ1v) is 4.72. The molecule has 0 saturated carbocycles. The Morgan fingerprint density at radius 1 is 0.812 bits per heavy atom. The topological polar surface area (TPSA) is 74.8 Å². The summed E-state index contributed by atoms with van der Waals surface area (Å²) in [5.74, 6) is -0.602. The molecule has 0 spiro atoms. The van der Waals surface area contributed by atoms with Crippen molar-refractivity contribution >= 4 is 23.6 Å². The fraction of sp³-hybridized carbons (Fsp3) is 0.400. The molecule has 4 amide bonds. The molecule has 2 heterocycles. The summed E-state index contributed by atoms with van der Waals surface area (Å²) in [7, 11) is 2.96. The highest BCUT2D eigenvalue weighted by molar-refractivity contribution is 6.12. The quantitative estimate of drug-likeness (QED) is 0.510. The van der Waals surface area contributed by atoms with E-state index in [-0.39, 0.29) is 23.6 Å². The number of hydrogen-bond acceptors (Lipinski definition) is 4. The minimum atomic E-state index is -0.241. The highest BCUT2D eigenvalue weighted by atomic mass is 16.2. The second-order valence-electron chi connectivity index (χ2n) is 3.42. The lowest BCUT2D eigenvalue weighted by atomic mass is 10.4. The molecule has 16 heavy (non-hydrogen) atoms. The van der Waals surface area contributed by atoms with E-state index in [1.54, 1.807) is 0 Å². The Hall–Kier alpha value is -1.98. The van der Waals surface area contributed by atoms with Gasteiger partial charge in [0, 0.05) is 39.1 Å². The molecule has 0 aromatic carbocycles. The third-order valence-electron chi connectivity index (χ3n) is 2.33. The van der Waals surface area contributed by atoms with Crippen LogP contribution in [0.2, 0.25) is 0 Å². The molecule has 86 valence electrons. The highest BCUT2D eigenvalue weighted by Gasteiger charge is 2.24. The summed E-state index contributed by atoms with van der Waals surface area (Å²) in [5.41, 5.74) is 0. The van der Waals surface area contributed by atoms with Gasteiger partial charge in [-0.15, -0.1) is 0 Å².